The molecule has 0 unspecified atom stereocenters. The van der Waals surface area contributed by atoms with E-state index in [4.69, 9.17) is 26.8 Å². The SMILES string of the molecule is COCCOCCCCNCc1ccc(C(N)=O)cc1Cl. The zero-order valence-electron chi connectivity index (χ0n) is 12.4. The second-order valence-corrected chi connectivity index (χ2v) is 5.07. The van der Waals surface area contributed by atoms with Gasteiger partial charge in [-0.25, -0.2) is 0 Å². The first-order chi connectivity index (χ1) is 10.1. The van der Waals surface area contributed by atoms with E-state index in [9.17, 15) is 4.79 Å². The van der Waals surface area contributed by atoms with Gasteiger partial charge in [0.1, 0.15) is 0 Å². The molecule has 0 aliphatic heterocycles. The van der Waals surface area contributed by atoms with Gasteiger partial charge in [-0.3, -0.25) is 4.79 Å². The molecule has 21 heavy (non-hydrogen) atoms. The molecule has 1 rings (SSSR count). The average molecular weight is 315 g/mol. The Kier molecular flexibility index (Phi) is 9.01. The summed E-state index contributed by atoms with van der Waals surface area (Å²) in [5.41, 5.74) is 6.58. The highest BCUT2D eigenvalue weighted by molar-refractivity contribution is 6.31. The molecule has 6 heteroatoms. The van der Waals surface area contributed by atoms with Crippen LogP contribution in [0.15, 0.2) is 18.2 Å². The first-order valence-electron chi connectivity index (χ1n) is 7.00. The minimum atomic E-state index is -0.468. The second-order valence-electron chi connectivity index (χ2n) is 4.66. The van der Waals surface area contributed by atoms with Crippen molar-refractivity contribution in [3.8, 4) is 0 Å². The summed E-state index contributed by atoms with van der Waals surface area (Å²) in [7, 11) is 1.66. The molecule has 0 spiro atoms. The van der Waals surface area contributed by atoms with E-state index in [1.165, 1.54) is 0 Å². The van der Waals surface area contributed by atoms with Crippen LogP contribution in [0.4, 0.5) is 0 Å². The molecule has 1 aromatic rings. The maximum Gasteiger partial charge on any atom is 0.248 e. The summed E-state index contributed by atoms with van der Waals surface area (Å²) in [6.07, 6.45) is 2.04. The molecule has 0 aliphatic carbocycles. The van der Waals surface area contributed by atoms with Crippen LogP contribution >= 0.6 is 11.6 Å². The van der Waals surface area contributed by atoms with E-state index < -0.39 is 5.91 Å². The van der Waals surface area contributed by atoms with Gasteiger partial charge in [-0.2, -0.15) is 0 Å². The van der Waals surface area contributed by atoms with Crippen molar-refractivity contribution >= 4 is 17.5 Å². The van der Waals surface area contributed by atoms with Crippen LogP contribution in [-0.4, -0.2) is 39.4 Å². The first-order valence-corrected chi connectivity index (χ1v) is 7.38. The van der Waals surface area contributed by atoms with E-state index in [1.807, 2.05) is 6.07 Å². The normalized spacial score (nSPS) is 10.8. The molecule has 0 fully saturated rings. The van der Waals surface area contributed by atoms with Crippen molar-refractivity contribution in [1.82, 2.24) is 5.32 Å². The van der Waals surface area contributed by atoms with Crippen LogP contribution < -0.4 is 11.1 Å². The molecule has 0 bridgehead atoms. The van der Waals surface area contributed by atoms with Crippen molar-refractivity contribution in [3.05, 3.63) is 34.3 Å². The summed E-state index contributed by atoms with van der Waals surface area (Å²) < 4.78 is 10.3. The molecule has 0 aliphatic rings. The fourth-order valence-electron chi connectivity index (χ4n) is 1.77. The molecule has 1 amide bonds. The molecule has 0 aromatic heterocycles. The maximum atomic E-state index is 11.0. The monoisotopic (exact) mass is 314 g/mol. The number of nitrogens with one attached hydrogen (secondary N) is 1. The van der Waals surface area contributed by atoms with Gasteiger partial charge in [0.25, 0.3) is 0 Å². The highest BCUT2D eigenvalue weighted by Crippen LogP contribution is 2.17. The van der Waals surface area contributed by atoms with Crippen LogP contribution in [0.5, 0.6) is 0 Å². The number of methoxy groups -OCH3 is 1. The van der Waals surface area contributed by atoms with Gasteiger partial charge in [0.05, 0.1) is 13.2 Å². The molecule has 118 valence electrons. The molecular formula is C15H23ClN2O3. The number of halogens is 1. The van der Waals surface area contributed by atoms with E-state index in [0.717, 1.165) is 31.6 Å². The fraction of sp³-hybridized carbons (Fsp3) is 0.533. The van der Waals surface area contributed by atoms with Gasteiger partial charge in [-0.05, 0) is 37.1 Å². The van der Waals surface area contributed by atoms with Gasteiger partial charge in [-0.15, -0.1) is 0 Å². The molecule has 0 saturated heterocycles. The third-order valence-corrected chi connectivity index (χ3v) is 3.33. The lowest BCUT2D eigenvalue weighted by molar-refractivity contribution is 0.0688. The summed E-state index contributed by atoms with van der Waals surface area (Å²) >= 11 is 6.10. The van der Waals surface area contributed by atoms with Crippen LogP contribution in [0.2, 0.25) is 5.02 Å². The van der Waals surface area contributed by atoms with Crippen molar-refractivity contribution in [2.75, 3.05) is 33.5 Å². The van der Waals surface area contributed by atoms with Crippen molar-refractivity contribution in [1.29, 1.82) is 0 Å². The highest BCUT2D eigenvalue weighted by Gasteiger charge is 2.05. The number of nitrogens with two attached hydrogens (primary N) is 1. The molecule has 0 heterocycles. The van der Waals surface area contributed by atoms with Gasteiger partial charge in [0.15, 0.2) is 0 Å². The number of hydrogen-bond donors (Lipinski definition) is 2. The molecular weight excluding hydrogens is 292 g/mol. The predicted molar refractivity (Wildman–Crippen MR) is 83.6 cm³/mol. The minimum Gasteiger partial charge on any atom is -0.382 e. The highest BCUT2D eigenvalue weighted by atomic mass is 35.5. The number of primary amides is 1. The summed E-state index contributed by atoms with van der Waals surface area (Å²) in [5, 5.41) is 3.87. The predicted octanol–water partition coefficient (Wildman–Crippen LogP) is 1.97. The summed E-state index contributed by atoms with van der Waals surface area (Å²) in [4.78, 5) is 11.0. The van der Waals surface area contributed by atoms with E-state index in [-0.39, 0.29) is 0 Å². The van der Waals surface area contributed by atoms with Crippen LogP contribution in [0.25, 0.3) is 0 Å². The van der Waals surface area contributed by atoms with Gasteiger partial charge >= 0.3 is 0 Å². The van der Waals surface area contributed by atoms with Gasteiger partial charge in [0.2, 0.25) is 5.91 Å². The summed E-state index contributed by atoms with van der Waals surface area (Å²) in [5.74, 6) is -0.468. The van der Waals surface area contributed by atoms with E-state index >= 15 is 0 Å². The number of ether oxygens (including phenoxy) is 2. The molecule has 1 aromatic carbocycles. The number of hydrogen-bond acceptors (Lipinski definition) is 4. The van der Waals surface area contributed by atoms with Crippen molar-refractivity contribution < 1.29 is 14.3 Å². The van der Waals surface area contributed by atoms with Gasteiger partial charge in [-0.1, -0.05) is 17.7 Å². The second kappa shape index (κ2) is 10.6. The summed E-state index contributed by atoms with van der Waals surface area (Å²) in [6, 6.07) is 5.11. The lowest BCUT2D eigenvalue weighted by Gasteiger charge is -2.08. The van der Waals surface area contributed by atoms with Crippen molar-refractivity contribution in [2.45, 2.75) is 19.4 Å². The van der Waals surface area contributed by atoms with E-state index in [1.54, 1.807) is 19.2 Å². The quantitative estimate of drug-likeness (QED) is 0.612. The Morgan fingerprint density at radius 3 is 2.76 bits per heavy atom. The van der Waals surface area contributed by atoms with E-state index in [2.05, 4.69) is 5.32 Å². The number of amides is 1. The van der Waals surface area contributed by atoms with Crippen LogP contribution in [-0.2, 0) is 16.0 Å². The number of rotatable bonds is 11. The van der Waals surface area contributed by atoms with Crippen LogP contribution in [0.1, 0.15) is 28.8 Å². The zero-order valence-corrected chi connectivity index (χ0v) is 13.1. The zero-order chi connectivity index (χ0) is 15.5. The van der Waals surface area contributed by atoms with Crippen molar-refractivity contribution in [3.63, 3.8) is 0 Å². The smallest absolute Gasteiger partial charge is 0.248 e. The molecule has 3 N–H and O–H groups in total. The lowest BCUT2D eigenvalue weighted by atomic mass is 10.1. The number of benzene rings is 1. The Balaban J connectivity index is 2.14. The standard InChI is InChI=1S/C15H23ClN2O3/c1-20-8-9-21-7-3-2-6-18-11-13-5-4-12(15(17)19)10-14(13)16/h4-5,10,18H,2-3,6-9,11H2,1H3,(H2,17,19). The number of unbranched alkanes of at least 4 members (excludes halogenated alkanes) is 1. The molecule has 0 atom stereocenters. The largest absolute Gasteiger partial charge is 0.382 e. The van der Waals surface area contributed by atoms with E-state index in [0.29, 0.717) is 30.3 Å². The molecule has 0 saturated carbocycles. The van der Waals surface area contributed by atoms with Gasteiger partial charge < -0.3 is 20.5 Å². The Morgan fingerprint density at radius 1 is 1.29 bits per heavy atom. The fourth-order valence-corrected chi connectivity index (χ4v) is 2.01. The van der Waals surface area contributed by atoms with Crippen LogP contribution in [0.3, 0.4) is 0 Å². The summed E-state index contributed by atoms with van der Waals surface area (Å²) in [6.45, 7) is 3.59. The third-order valence-electron chi connectivity index (χ3n) is 2.98. The molecule has 0 radical (unpaired) electrons. The Labute approximate surface area is 130 Å². The number of carbonyl (C=O) groups is 1. The van der Waals surface area contributed by atoms with Gasteiger partial charge in [0, 0.05) is 30.8 Å². The Bertz CT molecular complexity index is 441. The number of carbonyl (C=O) groups excluding carboxylic acids is 1. The third kappa shape index (κ3) is 7.43. The lowest BCUT2D eigenvalue weighted by Crippen LogP contribution is -2.16. The molecule has 5 nitrogen and oxygen atoms in total. The van der Waals surface area contributed by atoms with Crippen LogP contribution in [0, 0.1) is 0 Å². The average Bonchev–Trinajstić information content (AvgIpc) is 2.46. The Morgan fingerprint density at radius 2 is 2.10 bits per heavy atom. The minimum absolute atomic E-state index is 0.428. The topological polar surface area (TPSA) is 73.6 Å². The first kappa shape index (κ1) is 17.9. The van der Waals surface area contributed by atoms with Crippen molar-refractivity contribution in [2.24, 2.45) is 5.73 Å². The Hall–Kier alpha value is -1.14. The maximum absolute atomic E-state index is 11.0.